The summed E-state index contributed by atoms with van der Waals surface area (Å²) in [7, 11) is 0. The molecule has 0 unspecified atom stereocenters. The van der Waals surface area contributed by atoms with Gasteiger partial charge in [0.1, 0.15) is 0 Å². The molecule has 9 nitrogen and oxygen atoms in total. The van der Waals surface area contributed by atoms with Gasteiger partial charge in [0.2, 0.25) is 0 Å². The molecule has 0 aromatic heterocycles. The number of carbonyl (C=O) groups is 2. The van der Waals surface area contributed by atoms with Gasteiger partial charge in [-0.2, -0.15) is 0 Å². The highest BCUT2D eigenvalue weighted by molar-refractivity contribution is 5.98. The van der Waals surface area contributed by atoms with Gasteiger partial charge in [0, 0.05) is 13.1 Å². The van der Waals surface area contributed by atoms with Crippen LogP contribution in [0.5, 0.6) is 23.0 Å². The summed E-state index contributed by atoms with van der Waals surface area (Å²) in [6.07, 6.45) is 9.96. The predicted molar refractivity (Wildman–Crippen MR) is 148 cm³/mol. The molecule has 0 atom stereocenters. The van der Waals surface area contributed by atoms with Crippen LogP contribution in [0.1, 0.15) is 85.4 Å². The number of carbonyl (C=O) groups excluding carboxylic acids is 2. The Labute approximate surface area is 225 Å². The summed E-state index contributed by atoms with van der Waals surface area (Å²) in [5.74, 6) is -2.38. The van der Waals surface area contributed by atoms with E-state index in [-0.39, 0.29) is 22.6 Å². The van der Waals surface area contributed by atoms with E-state index < -0.39 is 23.3 Å². The monoisotopic (exact) mass is 529 g/mol. The molecule has 0 saturated carbocycles. The van der Waals surface area contributed by atoms with Crippen molar-refractivity contribution in [3.05, 3.63) is 47.5 Å². The van der Waals surface area contributed by atoms with Crippen molar-refractivity contribution >= 4 is 11.8 Å². The van der Waals surface area contributed by atoms with E-state index in [0.29, 0.717) is 25.9 Å². The maximum Gasteiger partial charge on any atom is 0.255 e. The molecule has 38 heavy (non-hydrogen) atoms. The van der Waals surface area contributed by atoms with E-state index in [1.54, 1.807) is 0 Å². The van der Waals surface area contributed by atoms with Gasteiger partial charge in [-0.1, -0.05) is 57.6 Å². The van der Waals surface area contributed by atoms with Gasteiger partial charge in [-0.25, -0.2) is 0 Å². The minimum atomic E-state index is -0.435. The lowest BCUT2D eigenvalue weighted by Crippen LogP contribution is -2.33. The maximum absolute atomic E-state index is 12.3. The first-order valence-electron chi connectivity index (χ1n) is 13.7. The topological polar surface area (TPSA) is 142 Å². The Morgan fingerprint density at radius 2 is 1.05 bits per heavy atom. The standard InChI is InChI=1S/C29H43N3O6/c1-2-3-4-5-6-7-8-19-32(20-11-17-30-28(37)22-13-9-15-24(33)26(22)35)21-12-18-31-29(38)23-14-10-16-25(34)27(23)36/h9-10,13-16,33-36H,2-8,11-12,17-21H2,1H3,(H,30,37)(H,31,38). The van der Waals surface area contributed by atoms with Crippen LogP contribution < -0.4 is 10.6 Å². The number of rotatable bonds is 18. The quantitative estimate of drug-likeness (QED) is 0.123. The van der Waals surface area contributed by atoms with E-state index in [4.69, 9.17) is 0 Å². The van der Waals surface area contributed by atoms with E-state index >= 15 is 0 Å². The van der Waals surface area contributed by atoms with Gasteiger partial charge in [-0.3, -0.25) is 9.59 Å². The number of unbranched alkanes of at least 4 members (excludes halogenated alkanes) is 6. The summed E-state index contributed by atoms with van der Waals surface area (Å²) in [6.45, 7) is 5.52. The number of hydrogen-bond donors (Lipinski definition) is 6. The lowest BCUT2D eigenvalue weighted by Gasteiger charge is -2.22. The number of hydrogen-bond acceptors (Lipinski definition) is 7. The third kappa shape index (κ3) is 10.5. The highest BCUT2D eigenvalue weighted by Crippen LogP contribution is 2.28. The molecular weight excluding hydrogens is 486 g/mol. The smallest absolute Gasteiger partial charge is 0.255 e. The number of aromatic hydroxyl groups is 4. The van der Waals surface area contributed by atoms with Gasteiger partial charge in [0.15, 0.2) is 23.0 Å². The fourth-order valence-corrected chi connectivity index (χ4v) is 4.26. The molecule has 9 heteroatoms. The molecule has 2 aromatic carbocycles. The number of amides is 2. The van der Waals surface area contributed by atoms with E-state index in [1.165, 1.54) is 74.9 Å². The second-order valence-electron chi connectivity index (χ2n) is 9.53. The van der Waals surface area contributed by atoms with Gasteiger partial charge >= 0.3 is 0 Å². The van der Waals surface area contributed by atoms with Gasteiger partial charge < -0.3 is 36.0 Å². The van der Waals surface area contributed by atoms with Crippen molar-refractivity contribution in [1.82, 2.24) is 15.5 Å². The molecule has 210 valence electrons. The largest absolute Gasteiger partial charge is 0.504 e. The van der Waals surface area contributed by atoms with Crippen molar-refractivity contribution in [2.45, 2.75) is 64.7 Å². The van der Waals surface area contributed by atoms with Gasteiger partial charge in [0.25, 0.3) is 11.8 Å². The summed E-state index contributed by atoms with van der Waals surface area (Å²) in [6, 6.07) is 8.58. The Kier molecular flexibility index (Phi) is 13.9. The lowest BCUT2D eigenvalue weighted by atomic mass is 10.1. The van der Waals surface area contributed by atoms with Crippen molar-refractivity contribution in [3.63, 3.8) is 0 Å². The molecule has 0 aliphatic heterocycles. The predicted octanol–water partition coefficient (Wildman–Crippen LogP) is 4.50. The Bertz CT molecular complexity index is 942. The first kappa shape index (κ1) is 30.8. The minimum absolute atomic E-state index is 0.0402. The normalized spacial score (nSPS) is 11.0. The zero-order valence-electron chi connectivity index (χ0n) is 22.4. The van der Waals surface area contributed by atoms with Crippen LogP contribution in [0.2, 0.25) is 0 Å². The third-order valence-corrected chi connectivity index (χ3v) is 6.47. The van der Waals surface area contributed by atoms with Crippen molar-refractivity contribution in [2.24, 2.45) is 0 Å². The number of nitrogens with zero attached hydrogens (tertiary/aromatic N) is 1. The molecule has 0 bridgehead atoms. The van der Waals surface area contributed by atoms with Gasteiger partial charge in [0.05, 0.1) is 11.1 Å². The Morgan fingerprint density at radius 1 is 0.632 bits per heavy atom. The van der Waals surface area contributed by atoms with Crippen molar-refractivity contribution in [1.29, 1.82) is 0 Å². The summed E-state index contributed by atoms with van der Waals surface area (Å²) in [5, 5.41) is 44.6. The minimum Gasteiger partial charge on any atom is -0.504 e. The summed E-state index contributed by atoms with van der Waals surface area (Å²) in [4.78, 5) is 27.0. The number of benzene rings is 2. The molecule has 2 amide bonds. The SMILES string of the molecule is CCCCCCCCCN(CCCNC(=O)c1cccc(O)c1O)CCCNC(=O)c1cccc(O)c1O. The second-order valence-corrected chi connectivity index (χ2v) is 9.53. The lowest BCUT2D eigenvalue weighted by molar-refractivity contribution is 0.0942. The molecule has 0 heterocycles. The zero-order valence-corrected chi connectivity index (χ0v) is 22.4. The Balaban J connectivity index is 1.78. The molecule has 0 fully saturated rings. The van der Waals surface area contributed by atoms with Gasteiger partial charge in [-0.15, -0.1) is 0 Å². The molecule has 0 aliphatic rings. The average Bonchev–Trinajstić information content (AvgIpc) is 2.90. The summed E-state index contributed by atoms with van der Waals surface area (Å²) >= 11 is 0. The molecule has 0 spiro atoms. The Morgan fingerprint density at radius 3 is 1.53 bits per heavy atom. The number of para-hydroxylation sites is 2. The molecular formula is C29H43N3O6. The fraction of sp³-hybridized carbons (Fsp3) is 0.517. The molecule has 2 rings (SSSR count). The van der Waals surface area contributed by atoms with Crippen LogP contribution in [0.25, 0.3) is 0 Å². The maximum atomic E-state index is 12.3. The van der Waals surface area contributed by atoms with E-state index in [1.807, 2.05) is 0 Å². The van der Waals surface area contributed by atoms with Crippen LogP contribution in [0.3, 0.4) is 0 Å². The van der Waals surface area contributed by atoms with Crippen LogP contribution in [-0.2, 0) is 0 Å². The summed E-state index contributed by atoms with van der Waals surface area (Å²) < 4.78 is 0. The molecule has 6 N–H and O–H groups in total. The van der Waals surface area contributed by atoms with Crippen LogP contribution >= 0.6 is 0 Å². The zero-order chi connectivity index (χ0) is 27.8. The highest BCUT2D eigenvalue weighted by atomic mass is 16.3. The van der Waals surface area contributed by atoms with Gasteiger partial charge in [-0.05, 0) is 63.2 Å². The van der Waals surface area contributed by atoms with E-state index in [9.17, 15) is 30.0 Å². The van der Waals surface area contributed by atoms with E-state index in [2.05, 4.69) is 22.5 Å². The average molecular weight is 530 g/mol. The number of phenolic OH excluding ortho intramolecular Hbond substituents is 4. The number of nitrogens with one attached hydrogen (secondary N) is 2. The molecule has 2 aromatic rings. The van der Waals surface area contributed by atoms with Crippen molar-refractivity contribution < 1.29 is 30.0 Å². The van der Waals surface area contributed by atoms with E-state index in [0.717, 1.165) is 26.1 Å². The first-order chi connectivity index (χ1) is 18.3. The molecule has 0 aliphatic carbocycles. The van der Waals surface area contributed by atoms with Crippen LogP contribution in [-0.4, -0.2) is 69.9 Å². The second kappa shape index (κ2) is 17.1. The van der Waals surface area contributed by atoms with Crippen molar-refractivity contribution in [3.8, 4) is 23.0 Å². The van der Waals surface area contributed by atoms with Crippen LogP contribution in [0, 0.1) is 0 Å². The summed E-state index contributed by atoms with van der Waals surface area (Å²) in [5.41, 5.74) is 0.0804. The highest BCUT2D eigenvalue weighted by Gasteiger charge is 2.15. The molecule has 0 saturated heterocycles. The van der Waals surface area contributed by atoms with Crippen LogP contribution in [0.15, 0.2) is 36.4 Å². The van der Waals surface area contributed by atoms with Crippen molar-refractivity contribution in [2.75, 3.05) is 32.7 Å². The van der Waals surface area contributed by atoms with Crippen LogP contribution in [0.4, 0.5) is 0 Å². The molecule has 0 radical (unpaired) electrons. The number of phenols is 4. The fourth-order valence-electron chi connectivity index (χ4n) is 4.26. The Hall–Kier alpha value is -3.46. The third-order valence-electron chi connectivity index (χ3n) is 6.47. The first-order valence-corrected chi connectivity index (χ1v) is 13.7.